The maximum atomic E-state index is 13.2. The number of carbonyl (C=O) groups is 3. The second kappa shape index (κ2) is 7.35. The van der Waals surface area contributed by atoms with Crippen molar-refractivity contribution in [2.45, 2.75) is 32.1 Å². The van der Waals surface area contributed by atoms with Crippen molar-refractivity contribution in [3.05, 3.63) is 65.0 Å². The molecule has 0 unspecified atom stereocenters. The molecule has 2 aromatic rings. The zero-order valence-electron chi connectivity index (χ0n) is 16.6. The first-order valence-corrected chi connectivity index (χ1v) is 10.6. The lowest BCUT2D eigenvalue weighted by molar-refractivity contribution is 0.0520. The van der Waals surface area contributed by atoms with Crippen LogP contribution in [0, 0.1) is 17.7 Å². The molecule has 0 N–H and O–H groups in total. The fourth-order valence-corrected chi connectivity index (χ4v) is 5.17. The van der Waals surface area contributed by atoms with Gasteiger partial charge in [-0.05, 0) is 67.1 Å². The average molecular weight is 406 g/mol. The number of piperidine rings is 1. The number of halogens is 1. The van der Waals surface area contributed by atoms with Crippen LogP contribution in [0.25, 0.3) is 0 Å². The number of anilines is 1. The number of benzene rings is 2. The predicted octanol–water partition coefficient (Wildman–Crippen LogP) is 4.28. The van der Waals surface area contributed by atoms with Gasteiger partial charge in [-0.3, -0.25) is 14.4 Å². The number of likely N-dealkylation sites (tertiary alicyclic amines) is 1. The van der Waals surface area contributed by atoms with Gasteiger partial charge in [-0.1, -0.05) is 19.3 Å². The highest BCUT2D eigenvalue weighted by atomic mass is 19.1. The van der Waals surface area contributed by atoms with E-state index in [1.807, 2.05) is 4.90 Å². The molecular weight excluding hydrogens is 383 g/mol. The van der Waals surface area contributed by atoms with Gasteiger partial charge in [-0.25, -0.2) is 9.29 Å². The second-order valence-electron chi connectivity index (χ2n) is 8.53. The van der Waals surface area contributed by atoms with Crippen molar-refractivity contribution in [2.75, 3.05) is 18.0 Å². The van der Waals surface area contributed by atoms with Crippen molar-refractivity contribution in [1.29, 1.82) is 0 Å². The van der Waals surface area contributed by atoms with Crippen molar-refractivity contribution in [1.82, 2.24) is 4.90 Å². The number of imide groups is 1. The van der Waals surface area contributed by atoms with E-state index in [0.717, 1.165) is 30.3 Å². The van der Waals surface area contributed by atoms with Gasteiger partial charge in [0.1, 0.15) is 5.82 Å². The molecule has 1 saturated heterocycles. The molecule has 2 aromatic carbocycles. The molecule has 5 nitrogen and oxygen atoms in total. The monoisotopic (exact) mass is 406 g/mol. The quantitative estimate of drug-likeness (QED) is 0.700. The van der Waals surface area contributed by atoms with Crippen molar-refractivity contribution >= 4 is 23.4 Å². The first-order chi connectivity index (χ1) is 14.5. The molecule has 0 radical (unpaired) electrons. The molecule has 3 amide bonds. The van der Waals surface area contributed by atoms with Gasteiger partial charge in [0.25, 0.3) is 17.7 Å². The number of hydrogen-bond donors (Lipinski definition) is 0. The minimum absolute atomic E-state index is 0.0812. The summed E-state index contributed by atoms with van der Waals surface area (Å²) in [7, 11) is 0. The molecule has 0 bridgehead atoms. The van der Waals surface area contributed by atoms with Crippen LogP contribution in [0.4, 0.5) is 10.1 Å². The van der Waals surface area contributed by atoms with Crippen LogP contribution in [-0.2, 0) is 0 Å². The van der Waals surface area contributed by atoms with E-state index < -0.39 is 17.6 Å². The number of fused-ring (bicyclic) bond motifs is 2. The third-order valence-electron chi connectivity index (χ3n) is 6.80. The molecule has 154 valence electrons. The van der Waals surface area contributed by atoms with Crippen LogP contribution >= 0.6 is 0 Å². The molecule has 5 rings (SSSR count). The smallest absolute Gasteiger partial charge is 0.266 e. The van der Waals surface area contributed by atoms with Crippen LogP contribution in [0.5, 0.6) is 0 Å². The Hall–Kier alpha value is -3.02. The van der Waals surface area contributed by atoms with Crippen LogP contribution in [0.3, 0.4) is 0 Å². The van der Waals surface area contributed by atoms with E-state index in [1.54, 1.807) is 12.1 Å². The molecule has 2 aliphatic heterocycles. The molecule has 1 aliphatic carbocycles. The SMILES string of the molecule is O=C(c1ccc2c(c1)C(=O)N(c1ccc(F)cc1)C2=O)N1CC[C@@H]2CCCC[C@H]2C1. The highest BCUT2D eigenvalue weighted by Gasteiger charge is 2.38. The largest absolute Gasteiger partial charge is 0.338 e. The highest BCUT2D eigenvalue weighted by Crippen LogP contribution is 2.37. The summed E-state index contributed by atoms with van der Waals surface area (Å²) >= 11 is 0. The van der Waals surface area contributed by atoms with E-state index in [4.69, 9.17) is 0 Å². The molecule has 2 heterocycles. The first kappa shape index (κ1) is 19.0. The van der Waals surface area contributed by atoms with Gasteiger partial charge >= 0.3 is 0 Å². The van der Waals surface area contributed by atoms with Crippen molar-refractivity contribution in [2.24, 2.45) is 11.8 Å². The summed E-state index contributed by atoms with van der Waals surface area (Å²) in [6, 6.07) is 9.95. The normalized spacial score (nSPS) is 23.4. The molecule has 2 fully saturated rings. The molecule has 0 spiro atoms. The zero-order valence-corrected chi connectivity index (χ0v) is 16.6. The van der Waals surface area contributed by atoms with Crippen LogP contribution < -0.4 is 4.90 Å². The summed E-state index contributed by atoms with van der Waals surface area (Å²) in [5.41, 5.74) is 1.24. The Morgan fingerprint density at radius 1 is 0.867 bits per heavy atom. The Bertz CT molecular complexity index is 1030. The number of rotatable bonds is 2. The lowest BCUT2D eigenvalue weighted by atomic mass is 9.75. The van der Waals surface area contributed by atoms with Crippen molar-refractivity contribution < 1.29 is 18.8 Å². The van der Waals surface area contributed by atoms with Gasteiger partial charge in [-0.15, -0.1) is 0 Å². The first-order valence-electron chi connectivity index (χ1n) is 10.6. The number of carbonyl (C=O) groups excluding carboxylic acids is 3. The lowest BCUT2D eigenvalue weighted by Crippen LogP contribution is -2.44. The van der Waals surface area contributed by atoms with Crippen LogP contribution in [0.2, 0.25) is 0 Å². The summed E-state index contributed by atoms with van der Waals surface area (Å²) in [6.45, 7) is 1.51. The topological polar surface area (TPSA) is 57.7 Å². The predicted molar refractivity (Wildman–Crippen MR) is 110 cm³/mol. The Morgan fingerprint density at radius 3 is 2.33 bits per heavy atom. The second-order valence-corrected chi connectivity index (χ2v) is 8.53. The molecule has 30 heavy (non-hydrogen) atoms. The van der Waals surface area contributed by atoms with Crippen LogP contribution in [0.1, 0.15) is 63.2 Å². The fourth-order valence-electron chi connectivity index (χ4n) is 5.17. The zero-order chi connectivity index (χ0) is 20.8. The number of hydrogen-bond acceptors (Lipinski definition) is 3. The summed E-state index contributed by atoms with van der Waals surface area (Å²) in [5, 5.41) is 0. The Labute approximate surface area is 174 Å². The maximum absolute atomic E-state index is 13.2. The molecule has 1 saturated carbocycles. The Balaban J connectivity index is 1.39. The van der Waals surface area contributed by atoms with Gasteiger partial charge in [0.15, 0.2) is 0 Å². The standard InChI is InChI=1S/C24H23FN2O3/c25-18-6-8-19(9-7-18)27-23(29)20-10-5-16(13-21(20)24(27)30)22(28)26-12-11-15-3-1-2-4-17(15)14-26/h5-10,13,15,17H,1-4,11-12,14H2/t15-,17-/m0/s1. The minimum atomic E-state index is -0.484. The van der Waals surface area contributed by atoms with Crippen molar-refractivity contribution in [3.63, 3.8) is 0 Å². The Kier molecular flexibility index (Phi) is 4.65. The van der Waals surface area contributed by atoms with Gasteiger partial charge in [-0.2, -0.15) is 0 Å². The fraction of sp³-hybridized carbons (Fsp3) is 0.375. The van der Waals surface area contributed by atoms with E-state index >= 15 is 0 Å². The van der Waals surface area contributed by atoms with Gasteiger partial charge in [0.2, 0.25) is 0 Å². The van der Waals surface area contributed by atoms with Crippen molar-refractivity contribution in [3.8, 4) is 0 Å². The average Bonchev–Trinajstić information content (AvgIpc) is 3.03. The van der Waals surface area contributed by atoms with E-state index in [9.17, 15) is 18.8 Å². The van der Waals surface area contributed by atoms with Gasteiger partial charge < -0.3 is 4.90 Å². The molecule has 0 aromatic heterocycles. The van der Waals surface area contributed by atoms with Crippen LogP contribution in [-0.4, -0.2) is 35.7 Å². The summed E-state index contributed by atoms with van der Waals surface area (Å²) < 4.78 is 13.2. The van der Waals surface area contributed by atoms with E-state index in [2.05, 4.69) is 0 Å². The van der Waals surface area contributed by atoms with E-state index in [-0.39, 0.29) is 17.0 Å². The number of amides is 3. The summed E-state index contributed by atoms with van der Waals surface area (Å²) in [4.78, 5) is 41.7. The summed E-state index contributed by atoms with van der Waals surface area (Å²) in [5.74, 6) is -0.160. The summed E-state index contributed by atoms with van der Waals surface area (Å²) in [6.07, 6.45) is 6.01. The minimum Gasteiger partial charge on any atom is -0.338 e. The highest BCUT2D eigenvalue weighted by molar-refractivity contribution is 6.34. The Morgan fingerprint density at radius 2 is 1.57 bits per heavy atom. The number of nitrogens with zero attached hydrogens (tertiary/aromatic N) is 2. The third-order valence-corrected chi connectivity index (χ3v) is 6.80. The maximum Gasteiger partial charge on any atom is 0.266 e. The molecule has 3 aliphatic rings. The molecule has 6 heteroatoms. The molecular formula is C24H23FN2O3. The lowest BCUT2D eigenvalue weighted by Gasteiger charge is -2.41. The third kappa shape index (κ3) is 3.11. The van der Waals surface area contributed by atoms with E-state index in [1.165, 1.54) is 56.0 Å². The molecule has 2 atom stereocenters. The van der Waals surface area contributed by atoms with E-state index in [0.29, 0.717) is 17.2 Å². The van der Waals surface area contributed by atoms with Gasteiger partial charge in [0.05, 0.1) is 16.8 Å². The van der Waals surface area contributed by atoms with Gasteiger partial charge in [0, 0.05) is 18.7 Å². The van der Waals surface area contributed by atoms with Crippen LogP contribution in [0.15, 0.2) is 42.5 Å².